The lowest BCUT2D eigenvalue weighted by atomic mass is 9.81. The molecule has 4 aromatic carbocycles. The van der Waals surface area contributed by atoms with Gasteiger partial charge in [0, 0.05) is 18.0 Å². The van der Waals surface area contributed by atoms with Crippen LogP contribution >= 0.6 is 11.6 Å². The first-order valence-electron chi connectivity index (χ1n) is 14.0. The minimum atomic E-state index is -1.16. The van der Waals surface area contributed by atoms with E-state index in [0.717, 1.165) is 53.6 Å². The summed E-state index contributed by atoms with van der Waals surface area (Å²) in [7, 11) is 0. The van der Waals surface area contributed by atoms with Gasteiger partial charge in [-0.3, -0.25) is 4.90 Å². The van der Waals surface area contributed by atoms with Crippen LogP contribution in [-0.4, -0.2) is 36.2 Å². The van der Waals surface area contributed by atoms with Gasteiger partial charge in [-0.25, -0.2) is 0 Å². The highest BCUT2D eigenvalue weighted by molar-refractivity contribution is 6.30. The fourth-order valence-electron chi connectivity index (χ4n) is 5.58. The number of rotatable bonds is 10. The summed E-state index contributed by atoms with van der Waals surface area (Å²) in [4.78, 5) is 2.51. The number of halogens is 1. The number of ether oxygens (including phenoxy) is 1. The first-order valence-corrected chi connectivity index (χ1v) is 14.4. The van der Waals surface area contributed by atoms with Crippen LogP contribution in [0.5, 0.6) is 5.75 Å². The van der Waals surface area contributed by atoms with E-state index in [1.807, 2.05) is 72.8 Å². The minimum absolute atomic E-state index is 0.452. The average Bonchev–Trinajstić information content (AvgIpc) is 2.96. The van der Waals surface area contributed by atoms with E-state index in [9.17, 15) is 5.11 Å². The van der Waals surface area contributed by atoms with Gasteiger partial charge in [0.15, 0.2) is 0 Å². The lowest BCUT2D eigenvalue weighted by molar-refractivity contribution is 0.0810. The zero-order valence-corrected chi connectivity index (χ0v) is 23.5. The van der Waals surface area contributed by atoms with Crippen molar-refractivity contribution in [2.45, 2.75) is 38.2 Å². The van der Waals surface area contributed by atoms with Crippen LogP contribution in [0.1, 0.15) is 40.7 Å². The van der Waals surface area contributed by atoms with E-state index < -0.39 is 5.60 Å². The summed E-state index contributed by atoms with van der Waals surface area (Å²) in [5.41, 5.74) is 4.18. The third kappa shape index (κ3) is 7.30. The molecule has 0 aromatic heterocycles. The second-order valence-corrected chi connectivity index (χ2v) is 11.3. The Balaban J connectivity index is 1.17. The summed E-state index contributed by atoms with van der Waals surface area (Å²) in [6.45, 7) is 5.92. The van der Waals surface area contributed by atoms with E-state index in [1.165, 1.54) is 24.8 Å². The summed E-state index contributed by atoms with van der Waals surface area (Å²) >= 11 is 6.10. The van der Waals surface area contributed by atoms with Crippen molar-refractivity contribution in [3.63, 3.8) is 0 Å². The van der Waals surface area contributed by atoms with E-state index >= 15 is 0 Å². The van der Waals surface area contributed by atoms with E-state index in [4.69, 9.17) is 16.3 Å². The Labute approximate surface area is 238 Å². The lowest BCUT2D eigenvalue weighted by Crippen LogP contribution is -2.37. The minimum Gasteiger partial charge on any atom is -0.492 e. The van der Waals surface area contributed by atoms with Crippen LogP contribution in [0.3, 0.4) is 0 Å². The number of piperidine rings is 1. The van der Waals surface area contributed by atoms with Crippen molar-refractivity contribution in [1.82, 2.24) is 4.90 Å². The molecule has 3 nitrogen and oxygen atoms in total. The first kappa shape index (κ1) is 27.5. The maximum atomic E-state index is 12.0. The number of aliphatic hydroxyl groups is 1. The van der Waals surface area contributed by atoms with Gasteiger partial charge in [0.05, 0.1) is 0 Å². The number of aryl methyl sites for hydroxylation is 1. The van der Waals surface area contributed by atoms with Crippen molar-refractivity contribution in [2.75, 3.05) is 26.2 Å². The molecule has 4 aromatic rings. The van der Waals surface area contributed by atoms with Gasteiger partial charge in [-0.1, -0.05) is 96.0 Å². The number of nitrogens with zero attached hydrogens (tertiary/aromatic N) is 1. The smallest absolute Gasteiger partial charge is 0.119 e. The molecule has 1 fully saturated rings. The second-order valence-electron chi connectivity index (χ2n) is 10.9. The van der Waals surface area contributed by atoms with Crippen molar-refractivity contribution in [2.24, 2.45) is 5.92 Å². The highest BCUT2D eigenvalue weighted by Gasteiger charge is 2.32. The Kier molecular flexibility index (Phi) is 9.03. The van der Waals surface area contributed by atoms with E-state index in [0.29, 0.717) is 18.1 Å². The molecule has 1 aliphatic heterocycles. The Morgan fingerprint density at radius 3 is 2.05 bits per heavy atom. The number of hydrogen-bond acceptors (Lipinski definition) is 3. The maximum absolute atomic E-state index is 12.0. The zero-order chi connectivity index (χ0) is 27.1. The lowest BCUT2D eigenvalue weighted by Gasteiger charge is -2.32. The zero-order valence-electron chi connectivity index (χ0n) is 22.7. The number of hydrogen-bond donors (Lipinski definition) is 1. The molecule has 202 valence electrons. The predicted molar refractivity (Wildman–Crippen MR) is 161 cm³/mol. The molecular formula is C35H38ClNO2. The third-order valence-corrected chi connectivity index (χ3v) is 8.24. The molecular weight excluding hydrogens is 502 g/mol. The van der Waals surface area contributed by atoms with Gasteiger partial charge in [-0.05, 0) is 91.7 Å². The van der Waals surface area contributed by atoms with Crippen LogP contribution in [-0.2, 0) is 18.4 Å². The van der Waals surface area contributed by atoms with Crippen LogP contribution < -0.4 is 4.74 Å². The Morgan fingerprint density at radius 1 is 0.795 bits per heavy atom. The van der Waals surface area contributed by atoms with Crippen molar-refractivity contribution >= 4 is 11.6 Å². The van der Waals surface area contributed by atoms with Gasteiger partial charge in [0.1, 0.15) is 18.0 Å². The predicted octanol–water partition coefficient (Wildman–Crippen LogP) is 7.46. The Bertz CT molecular complexity index is 1300. The van der Waals surface area contributed by atoms with Crippen molar-refractivity contribution in [1.29, 1.82) is 0 Å². The SMILES string of the molecule is Cc1ccc(C(O)(Cc2ccc(Cl)cc2)c2ccc(OCCN3CCC(Cc4ccccc4)CC3)cc2)cc1. The topological polar surface area (TPSA) is 32.7 Å². The molecule has 0 saturated carbocycles. The third-order valence-electron chi connectivity index (χ3n) is 7.98. The molecule has 39 heavy (non-hydrogen) atoms. The van der Waals surface area contributed by atoms with Gasteiger partial charge < -0.3 is 9.84 Å². The highest BCUT2D eigenvalue weighted by Crippen LogP contribution is 2.35. The van der Waals surface area contributed by atoms with Crippen LogP contribution in [0.15, 0.2) is 103 Å². The summed E-state index contributed by atoms with van der Waals surface area (Å²) in [6, 6.07) is 34.6. The van der Waals surface area contributed by atoms with Crippen molar-refractivity contribution in [3.8, 4) is 5.75 Å². The van der Waals surface area contributed by atoms with E-state index in [1.54, 1.807) is 0 Å². The molecule has 1 atom stereocenters. The Hall–Kier alpha value is -3.11. The molecule has 1 heterocycles. The van der Waals surface area contributed by atoms with E-state index in [-0.39, 0.29) is 0 Å². The van der Waals surface area contributed by atoms with Crippen LogP contribution in [0.4, 0.5) is 0 Å². The van der Waals surface area contributed by atoms with Crippen molar-refractivity contribution in [3.05, 3.63) is 136 Å². The highest BCUT2D eigenvalue weighted by atomic mass is 35.5. The quantitative estimate of drug-likeness (QED) is 0.227. The fourth-order valence-corrected chi connectivity index (χ4v) is 5.70. The summed E-state index contributed by atoms with van der Waals surface area (Å²) < 4.78 is 6.11. The average molecular weight is 540 g/mol. The van der Waals surface area contributed by atoms with Gasteiger partial charge in [-0.15, -0.1) is 0 Å². The molecule has 1 saturated heterocycles. The van der Waals surface area contributed by atoms with Crippen LogP contribution in [0.25, 0.3) is 0 Å². The van der Waals surface area contributed by atoms with Gasteiger partial charge >= 0.3 is 0 Å². The molecule has 0 amide bonds. The van der Waals surface area contributed by atoms with Crippen molar-refractivity contribution < 1.29 is 9.84 Å². The monoisotopic (exact) mass is 539 g/mol. The van der Waals surface area contributed by atoms with E-state index in [2.05, 4.69) is 42.2 Å². The molecule has 4 heteroatoms. The standard InChI is InChI=1S/C35H38ClNO2/c1-27-7-11-31(12-8-27)35(38,26-30-9-15-33(36)16-10-30)32-13-17-34(18-14-32)39-24-23-37-21-19-29(20-22-37)25-28-5-3-2-4-6-28/h2-18,29,38H,19-26H2,1H3. The van der Waals surface area contributed by atoms with Gasteiger partial charge in [0.25, 0.3) is 0 Å². The number of benzene rings is 4. The Morgan fingerprint density at radius 2 is 1.41 bits per heavy atom. The molecule has 1 aliphatic rings. The first-order chi connectivity index (χ1) is 19.0. The normalized spacial score (nSPS) is 16.1. The maximum Gasteiger partial charge on any atom is 0.119 e. The molecule has 5 rings (SSSR count). The molecule has 0 bridgehead atoms. The largest absolute Gasteiger partial charge is 0.492 e. The summed E-state index contributed by atoms with van der Waals surface area (Å²) in [6.07, 6.45) is 4.13. The fraction of sp³-hybridized carbons (Fsp3) is 0.314. The van der Waals surface area contributed by atoms with Gasteiger partial charge in [-0.2, -0.15) is 0 Å². The molecule has 0 spiro atoms. The van der Waals surface area contributed by atoms with Crippen LogP contribution in [0, 0.1) is 12.8 Å². The summed E-state index contributed by atoms with van der Waals surface area (Å²) in [5.74, 6) is 1.60. The molecule has 0 radical (unpaired) electrons. The van der Waals surface area contributed by atoms with Crippen LogP contribution in [0.2, 0.25) is 5.02 Å². The van der Waals surface area contributed by atoms with Gasteiger partial charge in [0.2, 0.25) is 0 Å². The molecule has 0 aliphatic carbocycles. The molecule has 1 N–H and O–H groups in total. The second kappa shape index (κ2) is 12.8. The molecule has 1 unspecified atom stereocenters. The summed E-state index contributed by atoms with van der Waals surface area (Å²) in [5, 5.41) is 12.7. The number of likely N-dealkylation sites (tertiary alicyclic amines) is 1.